The molecule has 13 heavy (non-hydrogen) atoms. The van der Waals surface area contributed by atoms with E-state index in [0.717, 1.165) is 6.42 Å². The average Bonchev–Trinajstić information content (AvgIpc) is 2.03. The van der Waals surface area contributed by atoms with E-state index in [2.05, 4.69) is 32.0 Å². The number of benzene rings is 1. The van der Waals surface area contributed by atoms with Crippen LogP contribution in [0.4, 0.5) is 0 Å². The second-order valence-corrected chi connectivity index (χ2v) is 3.40. The quantitative estimate of drug-likeness (QED) is 0.538. The zero-order valence-electron chi connectivity index (χ0n) is 8.22. The summed E-state index contributed by atoms with van der Waals surface area (Å²) in [5.74, 6) is 0.266. The van der Waals surface area contributed by atoms with Crippen LogP contribution >= 0.6 is 0 Å². The third-order valence-corrected chi connectivity index (χ3v) is 2.29. The van der Waals surface area contributed by atoms with Crippen LogP contribution in [0.25, 0.3) is 0 Å². The fourth-order valence-electron chi connectivity index (χ4n) is 1.50. The second-order valence-electron chi connectivity index (χ2n) is 3.40. The van der Waals surface area contributed by atoms with Gasteiger partial charge in [0.25, 0.3) is 0 Å². The molecule has 0 aliphatic carbocycles. The lowest BCUT2D eigenvalue weighted by Gasteiger charge is -2.08. The molecule has 0 fully saturated rings. The van der Waals surface area contributed by atoms with Crippen molar-refractivity contribution in [3.63, 3.8) is 0 Å². The summed E-state index contributed by atoms with van der Waals surface area (Å²) in [6, 6.07) is 6.26. The fraction of sp³-hybridized carbons (Fsp3) is 0.364. The van der Waals surface area contributed by atoms with E-state index >= 15 is 0 Å². The molecular weight excluding hydrogens is 160 g/mol. The average molecular weight is 176 g/mol. The van der Waals surface area contributed by atoms with Gasteiger partial charge in [0.1, 0.15) is 0 Å². The van der Waals surface area contributed by atoms with Crippen molar-refractivity contribution >= 4 is 5.84 Å². The summed E-state index contributed by atoms with van der Waals surface area (Å²) in [4.78, 5) is 0. The Morgan fingerprint density at radius 2 is 1.85 bits per heavy atom. The van der Waals surface area contributed by atoms with Crippen LogP contribution in [-0.2, 0) is 6.42 Å². The minimum atomic E-state index is 0.266. The Bertz CT molecular complexity index is 296. The van der Waals surface area contributed by atoms with Crippen molar-refractivity contribution in [2.45, 2.75) is 26.7 Å². The number of rotatable bonds is 3. The van der Waals surface area contributed by atoms with E-state index in [0.29, 0.717) is 6.42 Å². The minimum Gasteiger partial charge on any atom is -0.388 e. The molecule has 0 aliphatic heterocycles. The number of hydrogen-bond donors (Lipinski definition) is 2. The number of nitrogens with one attached hydrogen (secondary N) is 1. The lowest BCUT2D eigenvalue weighted by atomic mass is 9.98. The zero-order chi connectivity index (χ0) is 9.84. The van der Waals surface area contributed by atoms with Crippen molar-refractivity contribution in [1.29, 1.82) is 5.41 Å². The van der Waals surface area contributed by atoms with Crippen molar-refractivity contribution < 1.29 is 0 Å². The van der Waals surface area contributed by atoms with E-state index in [1.807, 2.05) is 0 Å². The van der Waals surface area contributed by atoms with E-state index in [4.69, 9.17) is 11.1 Å². The maximum absolute atomic E-state index is 7.16. The molecule has 0 aliphatic rings. The molecule has 0 radical (unpaired) electrons. The van der Waals surface area contributed by atoms with Crippen LogP contribution in [0.1, 0.15) is 23.1 Å². The van der Waals surface area contributed by atoms with E-state index in [1.54, 1.807) is 0 Å². The normalized spacial score (nSPS) is 10.0. The van der Waals surface area contributed by atoms with Crippen molar-refractivity contribution in [2.75, 3.05) is 0 Å². The highest BCUT2D eigenvalue weighted by Crippen LogP contribution is 2.14. The van der Waals surface area contributed by atoms with Crippen molar-refractivity contribution in [3.05, 3.63) is 34.9 Å². The Morgan fingerprint density at radius 1 is 1.31 bits per heavy atom. The molecule has 0 spiro atoms. The van der Waals surface area contributed by atoms with Crippen LogP contribution < -0.4 is 5.73 Å². The molecule has 1 rings (SSSR count). The molecule has 2 nitrogen and oxygen atoms in total. The van der Waals surface area contributed by atoms with Gasteiger partial charge in [-0.2, -0.15) is 0 Å². The third-order valence-electron chi connectivity index (χ3n) is 2.29. The molecule has 70 valence electrons. The SMILES string of the molecule is Cc1cccc(C)c1CCC(=N)N. The Kier molecular flexibility index (Phi) is 3.07. The van der Waals surface area contributed by atoms with Gasteiger partial charge < -0.3 is 5.73 Å². The number of hydrogen-bond acceptors (Lipinski definition) is 1. The summed E-state index contributed by atoms with van der Waals surface area (Å²) < 4.78 is 0. The molecule has 1 aromatic carbocycles. The van der Waals surface area contributed by atoms with E-state index < -0.39 is 0 Å². The number of aryl methyl sites for hydroxylation is 2. The molecule has 0 unspecified atom stereocenters. The second kappa shape index (κ2) is 4.08. The summed E-state index contributed by atoms with van der Waals surface area (Å²) in [6.45, 7) is 4.20. The molecule has 0 saturated carbocycles. The summed E-state index contributed by atoms with van der Waals surface area (Å²) >= 11 is 0. The Hall–Kier alpha value is -1.31. The predicted octanol–water partition coefficient (Wildman–Crippen LogP) is 2.17. The molecule has 0 bridgehead atoms. The van der Waals surface area contributed by atoms with Gasteiger partial charge in [0.15, 0.2) is 0 Å². The van der Waals surface area contributed by atoms with Gasteiger partial charge in [0.2, 0.25) is 0 Å². The van der Waals surface area contributed by atoms with Gasteiger partial charge in [0, 0.05) is 6.42 Å². The van der Waals surface area contributed by atoms with Gasteiger partial charge in [0.05, 0.1) is 5.84 Å². The summed E-state index contributed by atoms with van der Waals surface area (Å²) in [5, 5.41) is 7.16. The maximum Gasteiger partial charge on any atom is 0.0908 e. The topological polar surface area (TPSA) is 49.9 Å². The van der Waals surface area contributed by atoms with Crippen LogP contribution in [0, 0.1) is 19.3 Å². The molecule has 2 heteroatoms. The van der Waals surface area contributed by atoms with E-state index in [1.165, 1.54) is 16.7 Å². The van der Waals surface area contributed by atoms with E-state index in [-0.39, 0.29) is 5.84 Å². The first-order valence-corrected chi connectivity index (χ1v) is 4.49. The van der Waals surface area contributed by atoms with Crippen LogP contribution in [-0.4, -0.2) is 5.84 Å². The molecular formula is C11H16N2. The summed E-state index contributed by atoms with van der Waals surface area (Å²) in [5.41, 5.74) is 9.24. The van der Waals surface area contributed by atoms with Gasteiger partial charge in [-0.1, -0.05) is 18.2 Å². The highest BCUT2D eigenvalue weighted by Gasteiger charge is 2.01. The molecule has 0 heterocycles. The number of nitrogens with two attached hydrogens (primary N) is 1. The lowest BCUT2D eigenvalue weighted by Crippen LogP contribution is -2.11. The van der Waals surface area contributed by atoms with Crippen LogP contribution in [0.2, 0.25) is 0 Å². The Labute approximate surface area is 79.3 Å². The highest BCUT2D eigenvalue weighted by molar-refractivity contribution is 5.77. The van der Waals surface area contributed by atoms with Crippen LogP contribution in [0.3, 0.4) is 0 Å². The van der Waals surface area contributed by atoms with Gasteiger partial charge in [-0.15, -0.1) is 0 Å². The Balaban J connectivity index is 2.81. The number of amidine groups is 1. The van der Waals surface area contributed by atoms with Crippen molar-refractivity contribution in [2.24, 2.45) is 5.73 Å². The van der Waals surface area contributed by atoms with Crippen LogP contribution in [0.5, 0.6) is 0 Å². The minimum absolute atomic E-state index is 0.266. The molecule has 0 amide bonds. The van der Waals surface area contributed by atoms with Crippen LogP contribution in [0.15, 0.2) is 18.2 Å². The smallest absolute Gasteiger partial charge is 0.0908 e. The molecule has 3 N–H and O–H groups in total. The third kappa shape index (κ3) is 2.58. The van der Waals surface area contributed by atoms with Crippen molar-refractivity contribution in [3.8, 4) is 0 Å². The molecule has 0 saturated heterocycles. The van der Waals surface area contributed by atoms with Crippen molar-refractivity contribution in [1.82, 2.24) is 0 Å². The standard InChI is InChI=1S/C11H16N2/c1-8-4-3-5-9(2)10(8)6-7-11(12)13/h3-5H,6-7H2,1-2H3,(H3,12,13). The Morgan fingerprint density at radius 3 is 2.31 bits per heavy atom. The first kappa shape index (κ1) is 9.78. The summed E-state index contributed by atoms with van der Waals surface area (Å²) in [7, 11) is 0. The highest BCUT2D eigenvalue weighted by atomic mass is 14.7. The van der Waals surface area contributed by atoms with Gasteiger partial charge in [-0.3, -0.25) is 5.41 Å². The monoisotopic (exact) mass is 176 g/mol. The zero-order valence-corrected chi connectivity index (χ0v) is 8.22. The first-order chi connectivity index (χ1) is 6.11. The maximum atomic E-state index is 7.16. The summed E-state index contributed by atoms with van der Waals surface area (Å²) in [6.07, 6.45) is 1.54. The van der Waals surface area contributed by atoms with Gasteiger partial charge in [-0.05, 0) is 37.0 Å². The predicted molar refractivity (Wildman–Crippen MR) is 56.2 cm³/mol. The fourth-order valence-corrected chi connectivity index (χ4v) is 1.50. The van der Waals surface area contributed by atoms with Gasteiger partial charge >= 0.3 is 0 Å². The van der Waals surface area contributed by atoms with Gasteiger partial charge in [-0.25, -0.2) is 0 Å². The molecule has 1 aromatic rings. The lowest BCUT2D eigenvalue weighted by molar-refractivity contribution is 0.987. The molecule has 0 aromatic heterocycles. The van der Waals surface area contributed by atoms with E-state index in [9.17, 15) is 0 Å². The molecule has 0 atom stereocenters. The largest absolute Gasteiger partial charge is 0.388 e. The first-order valence-electron chi connectivity index (χ1n) is 4.49.